The zero-order valence-corrected chi connectivity index (χ0v) is 6.59. The molecule has 0 saturated carbocycles. The van der Waals surface area contributed by atoms with E-state index >= 15 is 0 Å². The molecular weight excluding hydrogens is 126 g/mol. The average Bonchev–Trinajstić information content (AvgIpc) is 1.79. The lowest BCUT2D eigenvalue weighted by Crippen LogP contribution is -2.77. The molecule has 3 nitrogen and oxygen atoms in total. The molecule has 0 spiro atoms. The molecule has 0 saturated heterocycles. The highest BCUT2D eigenvalue weighted by molar-refractivity contribution is 5.69. The van der Waals surface area contributed by atoms with Crippen molar-refractivity contribution in [2.75, 3.05) is 6.54 Å². The third kappa shape index (κ3) is 7.01. The van der Waals surface area contributed by atoms with Crippen LogP contribution in [0.3, 0.4) is 0 Å². The standard InChI is InChI=1S/C7H15N3/c1-6(2)4-3-5-10-7(8)9/h3-4,6H,5H2,1-2H3,(H4,8,9,10)/p+1/b4-3+. The van der Waals surface area contributed by atoms with Crippen LogP contribution < -0.4 is 16.5 Å². The van der Waals surface area contributed by atoms with Gasteiger partial charge in [0.1, 0.15) is 0 Å². The minimum atomic E-state index is 0.272. The molecule has 0 fully saturated rings. The Morgan fingerprint density at radius 2 is 2.10 bits per heavy atom. The molecule has 0 bridgehead atoms. The Hall–Kier alpha value is -0.990. The summed E-state index contributed by atoms with van der Waals surface area (Å²) in [5, 5.41) is 0. The Bertz CT molecular complexity index is 132. The lowest BCUT2D eigenvalue weighted by molar-refractivity contribution is -0.446. The van der Waals surface area contributed by atoms with E-state index < -0.39 is 0 Å². The van der Waals surface area contributed by atoms with Gasteiger partial charge in [0.25, 0.3) is 0 Å². The van der Waals surface area contributed by atoms with Gasteiger partial charge >= 0.3 is 5.96 Å². The molecule has 0 aliphatic rings. The fraction of sp³-hybridized carbons (Fsp3) is 0.571. The molecule has 0 radical (unpaired) electrons. The van der Waals surface area contributed by atoms with Gasteiger partial charge in [-0.05, 0) is 5.92 Å². The predicted molar refractivity (Wildman–Crippen MR) is 43.2 cm³/mol. The lowest BCUT2D eigenvalue weighted by atomic mass is 10.2. The summed E-state index contributed by atoms with van der Waals surface area (Å²) in [6.45, 7) is 4.94. The lowest BCUT2D eigenvalue weighted by Gasteiger charge is -1.90. The summed E-state index contributed by atoms with van der Waals surface area (Å²) < 4.78 is 0. The van der Waals surface area contributed by atoms with Crippen molar-refractivity contribution in [1.82, 2.24) is 0 Å². The van der Waals surface area contributed by atoms with Crippen LogP contribution >= 0.6 is 0 Å². The Morgan fingerprint density at radius 3 is 2.50 bits per heavy atom. The third-order valence-electron chi connectivity index (χ3n) is 0.945. The second-order valence-electron chi connectivity index (χ2n) is 2.51. The summed E-state index contributed by atoms with van der Waals surface area (Å²) in [4.78, 5) is 2.79. The highest BCUT2D eigenvalue weighted by Crippen LogP contribution is 1.90. The van der Waals surface area contributed by atoms with E-state index in [0.717, 1.165) is 0 Å². The maximum absolute atomic E-state index is 5.16. The molecule has 0 aliphatic heterocycles. The zero-order chi connectivity index (χ0) is 7.98. The first kappa shape index (κ1) is 9.01. The first-order chi connectivity index (χ1) is 4.63. The molecule has 5 N–H and O–H groups in total. The van der Waals surface area contributed by atoms with E-state index in [4.69, 9.17) is 11.5 Å². The van der Waals surface area contributed by atoms with Crippen LogP contribution in [0.5, 0.6) is 0 Å². The zero-order valence-electron chi connectivity index (χ0n) is 6.59. The molecule has 0 unspecified atom stereocenters. The average molecular weight is 142 g/mol. The van der Waals surface area contributed by atoms with Gasteiger partial charge in [-0.3, -0.25) is 16.5 Å². The van der Waals surface area contributed by atoms with Gasteiger partial charge in [0, 0.05) is 0 Å². The van der Waals surface area contributed by atoms with E-state index in [2.05, 4.69) is 24.9 Å². The normalized spacial score (nSPS) is 10.7. The predicted octanol–water partition coefficient (Wildman–Crippen LogP) is -1.45. The Balaban J connectivity index is 3.45. The SMILES string of the molecule is CC(C)/C=C/C[NH+]=C(N)N. The summed E-state index contributed by atoms with van der Waals surface area (Å²) in [5.41, 5.74) is 10.3. The summed E-state index contributed by atoms with van der Waals surface area (Å²) in [6.07, 6.45) is 4.10. The van der Waals surface area contributed by atoms with Crippen LogP contribution in [0.4, 0.5) is 0 Å². The monoisotopic (exact) mass is 142 g/mol. The molecule has 0 aromatic heterocycles. The molecule has 0 aromatic rings. The molecule has 58 valence electrons. The first-order valence-corrected chi connectivity index (χ1v) is 3.41. The van der Waals surface area contributed by atoms with Gasteiger partial charge in [-0.1, -0.05) is 26.0 Å². The molecule has 0 atom stereocenters. The molecule has 0 amide bonds. The Labute approximate surface area is 61.8 Å². The van der Waals surface area contributed by atoms with Crippen molar-refractivity contribution in [2.24, 2.45) is 17.4 Å². The molecule has 0 aliphatic carbocycles. The summed E-state index contributed by atoms with van der Waals surface area (Å²) in [7, 11) is 0. The number of rotatable bonds is 3. The Morgan fingerprint density at radius 1 is 1.50 bits per heavy atom. The second kappa shape index (κ2) is 4.85. The van der Waals surface area contributed by atoms with E-state index in [9.17, 15) is 0 Å². The molecule has 0 heterocycles. The molecule has 0 aromatic carbocycles. The summed E-state index contributed by atoms with van der Waals surface area (Å²) >= 11 is 0. The Kier molecular flexibility index (Phi) is 4.37. The largest absolute Gasteiger partial charge is 0.339 e. The second-order valence-corrected chi connectivity index (χ2v) is 2.51. The molecule has 3 heteroatoms. The van der Waals surface area contributed by atoms with Crippen LogP contribution in [0.2, 0.25) is 0 Å². The van der Waals surface area contributed by atoms with Crippen molar-refractivity contribution in [3.63, 3.8) is 0 Å². The quantitative estimate of drug-likeness (QED) is 0.256. The maximum atomic E-state index is 5.16. The molecule has 0 rings (SSSR count). The van der Waals surface area contributed by atoms with Crippen molar-refractivity contribution in [2.45, 2.75) is 13.8 Å². The van der Waals surface area contributed by atoms with Gasteiger partial charge in [-0.25, -0.2) is 0 Å². The van der Waals surface area contributed by atoms with Crippen molar-refractivity contribution in [1.29, 1.82) is 0 Å². The van der Waals surface area contributed by atoms with E-state index in [1.807, 2.05) is 6.08 Å². The van der Waals surface area contributed by atoms with E-state index in [-0.39, 0.29) is 5.96 Å². The minimum Gasteiger partial charge on any atom is -0.291 e. The van der Waals surface area contributed by atoms with Gasteiger partial charge in [-0.2, -0.15) is 0 Å². The van der Waals surface area contributed by atoms with Gasteiger partial charge in [0.2, 0.25) is 0 Å². The summed E-state index contributed by atoms with van der Waals surface area (Å²) in [6, 6.07) is 0. The highest BCUT2D eigenvalue weighted by Gasteiger charge is 1.83. The highest BCUT2D eigenvalue weighted by atomic mass is 15.0. The van der Waals surface area contributed by atoms with Gasteiger partial charge in [-0.15, -0.1) is 0 Å². The van der Waals surface area contributed by atoms with Crippen LogP contribution in [0.25, 0.3) is 0 Å². The first-order valence-electron chi connectivity index (χ1n) is 3.41. The van der Waals surface area contributed by atoms with E-state index in [1.165, 1.54) is 0 Å². The number of nitrogens with one attached hydrogen (secondary N) is 1. The van der Waals surface area contributed by atoms with Gasteiger partial charge in [0.15, 0.2) is 0 Å². The van der Waals surface area contributed by atoms with Crippen molar-refractivity contribution in [3.05, 3.63) is 12.2 Å². The van der Waals surface area contributed by atoms with Crippen LogP contribution in [0, 0.1) is 5.92 Å². The minimum absolute atomic E-state index is 0.272. The molecular formula is C7H16N3+. The van der Waals surface area contributed by atoms with Gasteiger partial charge in [0.05, 0.1) is 6.54 Å². The number of allylic oxidation sites excluding steroid dienone is 1. The topological polar surface area (TPSA) is 66.0 Å². The molecule has 10 heavy (non-hydrogen) atoms. The van der Waals surface area contributed by atoms with Crippen molar-refractivity contribution >= 4 is 5.96 Å². The number of hydrogen-bond donors (Lipinski definition) is 3. The third-order valence-corrected chi connectivity index (χ3v) is 0.945. The van der Waals surface area contributed by atoms with Crippen molar-refractivity contribution in [3.8, 4) is 0 Å². The smallest absolute Gasteiger partial charge is 0.291 e. The fourth-order valence-electron chi connectivity index (χ4n) is 0.517. The number of hydrogen-bond acceptors (Lipinski definition) is 0. The van der Waals surface area contributed by atoms with Gasteiger partial charge < -0.3 is 0 Å². The number of nitrogens with two attached hydrogens (primary N) is 2. The van der Waals surface area contributed by atoms with E-state index in [0.29, 0.717) is 12.5 Å². The van der Waals surface area contributed by atoms with E-state index in [1.54, 1.807) is 0 Å². The summed E-state index contributed by atoms with van der Waals surface area (Å²) in [5.74, 6) is 0.856. The fourth-order valence-corrected chi connectivity index (χ4v) is 0.517. The van der Waals surface area contributed by atoms with Crippen molar-refractivity contribution < 1.29 is 4.99 Å². The number of guanidine groups is 1. The van der Waals surface area contributed by atoms with Crippen LogP contribution in [-0.4, -0.2) is 12.5 Å². The van der Waals surface area contributed by atoms with Crippen LogP contribution in [0.1, 0.15) is 13.8 Å². The van der Waals surface area contributed by atoms with Crippen LogP contribution in [-0.2, 0) is 0 Å². The maximum Gasteiger partial charge on any atom is 0.339 e. The van der Waals surface area contributed by atoms with Crippen LogP contribution in [0.15, 0.2) is 12.2 Å².